The number of sulfone groups is 1. The number of morpholine rings is 1. The van der Waals surface area contributed by atoms with Crippen molar-refractivity contribution >= 4 is 28.2 Å². The second-order valence-corrected chi connectivity index (χ2v) is 8.59. The molecule has 0 aromatic carbocycles. The Hall–Kier alpha value is -0.370. The van der Waals surface area contributed by atoms with Gasteiger partial charge in [-0.05, 0) is 20.8 Å². The molecule has 0 unspecified atom stereocenters. The van der Waals surface area contributed by atoms with Gasteiger partial charge in [-0.1, -0.05) is 0 Å². The van der Waals surface area contributed by atoms with Crippen molar-refractivity contribution in [1.29, 1.82) is 0 Å². The normalized spacial score (nSPS) is 32.2. The fourth-order valence-electron chi connectivity index (χ4n) is 2.54. The number of nitrogens with zero attached hydrogens (tertiary/aromatic N) is 1. The van der Waals surface area contributed by atoms with Crippen molar-refractivity contribution < 1.29 is 17.9 Å². The summed E-state index contributed by atoms with van der Waals surface area (Å²) in [6, 6.07) is -0.370. The Labute approximate surface area is 126 Å². The van der Waals surface area contributed by atoms with E-state index in [0.717, 1.165) is 0 Å². The van der Waals surface area contributed by atoms with Gasteiger partial charge in [-0.3, -0.25) is 4.79 Å². The standard InChI is InChI=1S/C12H22N2O4S.ClH/c1-9-10(13-4-6-18-9)11(15)14-5-7-19(16,17)12(2,3)8-14;/h9-10,13H,4-8H2,1-3H3;1H/t9-,10+;/m1./s1. The molecule has 20 heavy (non-hydrogen) atoms. The lowest BCUT2D eigenvalue weighted by atomic mass is 10.1. The molecular formula is C12H23ClN2O4S. The zero-order valence-corrected chi connectivity index (χ0v) is 13.7. The fourth-order valence-corrected chi connectivity index (χ4v) is 3.90. The minimum absolute atomic E-state index is 0. The number of hydrogen-bond acceptors (Lipinski definition) is 5. The summed E-state index contributed by atoms with van der Waals surface area (Å²) in [6.07, 6.45) is -0.178. The molecule has 2 aliphatic rings. The van der Waals surface area contributed by atoms with E-state index in [-0.39, 0.29) is 49.3 Å². The molecule has 0 radical (unpaired) electrons. The molecule has 2 saturated heterocycles. The van der Waals surface area contributed by atoms with Gasteiger partial charge >= 0.3 is 0 Å². The lowest BCUT2D eigenvalue weighted by Gasteiger charge is -2.40. The first kappa shape index (κ1) is 17.7. The maximum atomic E-state index is 12.5. The summed E-state index contributed by atoms with van der Waals surface area (Å²) in [4.78, 5) is 14.1. The quantitative estimate of drug-likeness (QED) is 0.723. The number of rotatable bonds is 1. The molecular weight excluding hydrogens is 304 g/mol. The van der Waals surface area contributed by atoms with Gasteiger partial charge in [0, 0.05) is 19.6 Å². The molecule has 1 N–H and O–H groups in total. The van der Waals surface area contributed by atoms with Crippen LogP contribution in [0.5, 0.6) is 0 Å². The maximum Gasteiger partial charge on any atom is 0.242 e. The molecule has 1 amide bonds. The summed E-state index contributed by atoms with van der Waals surface area (Å²) >= 11 is 0. The minimum atomic E-state index is -3.12. The molecule has 0 saturated carbocycles. The number of carbonyl (C=O) groups excluding carboxylic acids is 1. The summed E-state index contributed by atoms with van der Waals surface area (Å²) in [5.74, 6) is -0.0246. The van der Waals surface area contributed by atoms with Crippen LogP contribution in [-0.2, 0) is 19.4 Å². The highest BCUT2D eigenvalue weighted by atomic mass is 35.5. The first-order chi connectivity index (χ1) is 8.74. The molecule has 2 rings (SSSR count). The second kappa shape index (κ2) is 6.17. The van der Waals surface area contributed by atoms with E-state index in [0.29, 0.717) is 13.2 Å². The van der Waals surface area contributed by atoms with Gasteiger partial charge in [0.1, 0.15) is 6.04 Å². The van der Waals surface area contributed by atoms with Gasteiger partial charge in [0.2, 0.25) is 5.91 Å². The smallest absolute Gasteiger partial charge is 0.242 e. The Kier molecular flexibility index (Phi) is 5.46. The van der Waals surface area contributed by atoms with E-state index in [1.54, 1.807) is 18.7 Å². The zero-order valence-electron chi connectivity index (χ0n) is 12.1. The Morgan fingerprint density at radius 3 is 2.60 bits per heavy atom. The van der Waals surface area contributed by atoms with E-state index in [4.69, 9.17) is 4.74 Å². The van der Waals surface area contributed by atoms with Crippen molar-refractivity contribution in [3.05, 3.63) is 0 Å². The SMILES string of the molecule is C[C@H]1OCCN[C@@H]1C(=O)N1CCS(=O)(=O)C(C)(C)C1.Cl. The number of nitrogens with one attached hydrogen (secondary N) is 1. The van der Waals surface area contributed by atoms with Crippen molar-refractivity contribution in [1.82, 2.24) is 10.2 Å². The van der Waals surface area contributed by atoms with Crippen LogP contribution in [0.2, 0.25) is 0 Å². The van der Waals surface area contributed by atoms with Crippen LogP contribution in [0, 0.1) is 0 Å². The van der Waals surface area contributed by atoms with Gasteiger partial charge in [-0.15, -0.1) is 12.4 Å². The van der Waals surface area contributed by atoms with Gasteiger partial charge in [-0.2, -0.15) is 0 Å². The molecule has 2 atom stereocenters. The van der Waals surface area contributed by atoms with Crippen LogP contribution in [0.3, 0.4) is 0 Å². The number of carbonyl (C=O) groups is 1. The van der Waals surface area contributed by atoms with E-state index in [1.807, 2.05) is 6.92 Å². The van der Waals surface area contributed by atoms with Gasteiger partial charge in [0.15, 0.2) is 9.84 Å². The Morgan fingerprint density at radius 1 is 1.40 bits per heavy atom. The molecule has 2 aliphatic heterocycles. The first-order valence-corrected chi connectivity index (χ1v) is 8.26. The van der Waals surface area contributed by atoms with Crippen LogP contribution in [0.1, 0.15) is 20.8 Å². The Balaban J connectivity index is 0.00000200. The molecule has 0 aromatic rings. The van der Waals surface area contributed by atoms with E-state index in [9.17, 15) is 13.2 Å². The molecule has 0 bridgehead atoms. The van der Waals surface area contributed by atoms with Crippen LogP contribution >= 0.6 is 12.4 Å². The van der Waals surface area contributed by atoms with Gasteiger partial charge < -0.3 is 15.0 Å². The topological polar surface area (TPSA) is 75.7 Å². The monoisotopic (exact) mass is 326 g/mol. The van der Waals surface area contributed by atoms with Crippen LogP contribution in [-0.4, -0.2) is 68.1 Å². The van der Waals surface area contributed by atoms with Crippen LogP contribution in [0.4, 0.5) is 0 Å². The zero-order chi connectivity index (χ0) is 14.3. The Morgan fingerprint density at radius 2 is 2.05 bits per heavy atom. The van der Waals surface area contributed by atoms with Crippen molar-refractivity contribution in [2.45, 2.75) is 37.7 Å². The predicted molar refractivity (Wildman–Crippen MR) is 78.9 cm³/mol. The summed E-state index contributed by atoms with van der Waals surface area (Å²) < 4.78 is 28.5. The van der Waals surface area contributed by atoms with Crippen LogP contribution in [0.15, 0.2) is 0 Å². The average Bonchev–Trinajstić information content (AvgIpc) is 2.32. The molecule has 2 heterocycles. The van der Waals surface area contributed by atoms with Crippen molar-refractivity contribution in [2.24, 2.45) is 0 Å². The second-order valence-electron chi connectivity index (χ2n) is 5.85. The van der Waals surface area contributed by atoms with Crippen molar-refractivity contribution in [2.75, 3.05) is 32.0 Å². The maximum absolute atomic E-state index is 12.5. The van der Waals surface area contributed by atoms with Crippen LogP contribution < -0.4 is 5.32 Å². The van der Waals surface area contributed by atoms with E-state index < -0.39 is 14.6 Å². The number of amides is 1. The molecule has 0 aromatic heterocycles. The van der Waals surface area contributed by atoms with E-state index >= 15 is 0 Å². The highest BCUT2D eigenvalue weighted by Gasteiger charge is 2.43. The molecule has 8 heteroatoms. The lowest BCUT2D eigenvalue weighted by molar-refractivity contribution is -0.139. The van der Waals surface area contributed by atoms with Gasteiger partial charge in [0.25, 0.3) is 0 Å². The van der Waals surface area contributed by atoms with Gasteiger partial charge in [0.05, 0.1) is 23.2 Å². The summed E-state index contributed by atoms with van der Waals surface area (Å²) in [5, 5.41) is 3.15. The third-order valence-corrected chi connectivity index (χ3v) is 6.47. The molecule has 0 spiro atoms. The van der Waals surface area contributed by atoms with Crippen molar-refractivity contribution in [3.63, 3.8) is 0 Å². The third kappa shape index (κ3) is 3.27. The summed E-state index contributed by atoms with van der Waals surface area (Å²) in [6.45, 7) is 6.99. The van der Waals surface area contributed by atoms with E-state index in [1.165, 1.54) is 0 Å². The minimum Gasteiger partial charge on any atom is -0.375 e. The van der Waals surface area contributed by atoms with Crippen molar-refractivity contribution in [3.8, 4) is 0 Å². The number of halogens is 1. The largest absolute Gasteiger partial charge is 0.375 e. The number of hydrogen-bond donors (Lipinski definition) is 1. The molecule has 118 valence electrons. The highest BCUT2D eigenvalue weighted by Crippen LogP contribution is 2.24. The molecule has 0 aliphatic carbocycles. The Bertz CT molecular complexity index is 466. The van der Waals surface area contributed by atoms with Crippen LogP contribution in [0.25, 0.3) is 0 Å². The predicted octanol–water partition coefficient (Wildman–Crippen LogP) is -0.179. The number of ether oxygens (including phenoxy) is 1. The first-order valence-electron chi connectivity index (χ1n) is 6.61. The molecule has 6 nitrogen and oxygen atoms in total. The third-order valence-electron chi connectivity index (χ3n) is 3.94. The average molecular weight is 327 g/mol. The molecule has 2 fully saturated rings. The summed E-state index contributed by atoms with van der Waals surface area (Å²) in [5.41, 5.74) is 0. The summed E-state index contributed by atoms with van der Waals surface area (Å²) in [7, 11) is -3.12. The van der Waals surface area contributed by atoms with E-state index in [2.05, 4.69) is 5.32 Å². The van der Waals surface area contributed by atoms with Gasteiger partial charge in [-0.25, -0.2) is 8.42 Å². The fraction of sp³-hybridized carbons (Fsp3) is 0.917. The highest BCUT2D eigenvalue weighted by molar-refractivity contribution is 7.92. The lowest BCUT2D eigenvalue weighted by Crippen LogP contribution is -2.61.